The molecular formula is C32H53NO18. The van der Waals surface area contributed by atoms with Crippen LogP contribution in [0.3, 0.4) is 0 Å². The molecule has 19 heteroatoms. The summed E-state index contributed by atoms with van der Waals surface area (Å²) in [5.74, 6) is -6.37. The van der Waals surface area contributed by atoms with Gasteiger partial charge in [-0.1, -0.05) is 34.6 Å². The summed E-state index contributed by atoms with van der Waals surface area (Å²) in [6, 6.07) is -1.36. The Bertz CT molecular complexity index is 1190. The molecular weight excluding hydrogens is 686 g/mol. The number of rotatable bonds is 12. The number of carboxylic acids is 2. The van der Waals surface area contributed by atoms with Gasteiger partial charge in [-0.25, -0.2) is 9.59 Å². The average Bonchev–Trinajstić information content (AvgIpc) is 3.08. The number of aliphatic hydroxyl groups excluding tert-OH is 5. The molecule has 4 aliphatic rings. The van der Waals surface area contributed by atoms with Crippen LogP contribution in [-0.2, 0) is 52.3 Å². The first-order valence-electron chi connectivity index (χ1n) is 17.1. The van der Waals surface area contributed by atoms with Gasteiger partial charge in [0.2, 0.25) is 5.91 Å². The van der Waals surface area contributed by atoms with Gasteiger partial charge in [0.15, 0.2) is 37.4 Å². The summed E-state index contributed by atoms with van der Waals surface area (Å²) in [4.78, 5) is 37.2. The van der Waals surface area contributed by atoms with Crippen molar-refractivity contribution in [3.8, 4) is 0 Å². The van der Waals surface area contributed by atoms with Gasteiger partial charge in [-0.05, 0) is 12.3 Å². The lowest BCUT2D eigenvalue weighted by Gasteiger charge is -2.50. The molecule has 0 aromatic heterocycles. The Hall–Kier alpha value is -2.11. The third kappa shape index (κ3) is 8.66. The number of ether oxygens (including phenoxy) is 8. The van der Waals surface area contributed by atoms with Gasteiger partial charge in [-0.3, -0.25) is 4.79 Å². The van der Waals surface area contributed by atoms with Gasteiger partial charge in [0.25, 0.3) is 0 Å². The summed E-state index contributed by atoms with van der Waals surface area (Å²) in [6.45, 7) is 8.77. The molecule has 20 atom stereocenters. The second kappa shape index (κ2) is 17.4. The highest BCUT2D eigenvalue weighted by Gasteiger charge is 2.56. The molecule has 4 heterocycles. The standard InChI is InChI=1S/C32H53NO18/c1-8-15-21(39)23(17(33-14(6)35)31(45-15)47-22-12(4)20(38)32(44-7)51-25(22)27(40)41)48-30-13(5)19(37)24(26(50-30)28(42)43)49-29-11(3)10(2)18(36)16(9-34)46-29/h10-13,15-26,29-32,34,36-39H,8-9H2,1-7H3,(H,33,35)(H,40,41)(H,42,43). The Kier molecular flexibility index (Phi) is 14.2. The molecule has 0 spiro atoms. The van der Waals surface area contributed by atoms with Crippen LogP contribution in [0.5, 0.6) is 0 Å². The van der Waals surface area contributed by atoms with E-state index in [1.165, 1.54) is 27.9 Å². The Morgan fingerprint density at radius 2 is 1.16 bits per heavy atom. The van der Waals surface area contributed by atoms with E-state index >= 15 is 0 Å². The summed E-state index contributed by atoms with van der Waals surface area (Å²) in [5, 5.41) is 76.5. The number of aliphatic hydroxyl groups is 5. The van der Waals surface area contributed by atoms with Crippen molar-refractivity contribution < 1.29 is 88.0 Å². The quantitative estimate of drug-likeness (QED) is 0.105. The summed E-state index contributed by atoms with van der Waals surface area (Å²) in [5.41, 5.74) is 0. The molecule has 4 fully saturated rings. The first kappa shape index (κ1) is 41.6. The summed E-state index contributed by atoms with van der Waals surface area (Å²) < 4.78 is 46.5. The fraction of sp³-hybridized carbons (Fsp3) is 0.906. The number of amides is 1. The molecule has 0 aliphatic carbocycles. The van der Waals surface area contributed by atoms with Crippen LogP contribution >= 0.6 is 0 Å². The average molecular weight is 740 g/mol. The van der Waals surface area contributed by atoms with Crippen molar-refractivity contribution in [3.05, 3.63) is 0 Å². The van der Waals surface area contributed by atoms with Gasteiger partial charge < -0.3 is 79.0 Å². The SMILES string of the molecule is CCC1OC(OC2C(C(=O)O)OC(OC)C(O)C2C)C(NC(C)=O)C(OC2OC(C(=O)O)C(OC3OC(CO)C(O)C(C)C3C)C(O)C2C)C1O. The van der Waals surface area contributed by atoms with Crippen molar-refractivity contribution in [3.63, 3.8) is 0 Å². The lowest BCUT2D eigenvalue weighted by molar-refractivity contribution is -0.361. The topological polar surface area (TPSA) is 279 Å². The van der Waals surface area contributed by atoms with Crippen molar-refractivity contribution in [2.24, 2.45) is 23.7 Å². The van der Waals surface area contributed by atoms with E-state index in [0.29, 0.717) is 0 Å². The number of carbonyl (C=O) groups is 3. The van der Waals surface area contributed by atoms with Gasteiger partial charge in [0, 0.05) is 31.8 Å². The van der Waals surface area contributed by atoms with Gasteiger partial charge in [-0.2, -0.15) is 0 Å². The van der Waals surface area contributed by atoms with Gasteiger partial charge in [0.05, 0.1) is 24.9 Å². The highest BCUT2D eigenvalue weighted by Crippen LogP contribution is 2.39. The first-order valence-corrected chi connectivity index (χ1v) is 17.1. The van der Waals surface area contributed by atoms with E-state index in [2.05, 4.69) is 5.32 Å². The lowest BCUT2D eigenvalue weighted by Crippen LogP contribution is -2.68. The van der Waals surface area contributed by atoms with Crippen molar-refractivity contribution >= 4 is 17.8 Å². The molecule has 1 amide bonds. The predicted molar refractivity (Wildman–Crippen MR) is 167 cm³/mol. The molecule has 0 bridgehead atoms. The number of aliphatic carboxylic acids is 2. The van der Waals surface area contributed by atoms with E-state index < -0.39 is 146 Å². The molecule has 8 N–H and O–H groups in total. The number of hydrogen-bond acceptors (Lipinski definition) is 16. The van der Waals surface area contributed by atoms with Crippen LogP contribution in [0.15, 0.2) is 0 Å². The summed E-state index contributed by atoms with van der Waals surface area (Å²) >= 11 is 0. The maximum atomic E-state index is 12.5. The Balaban J connectivity index is 1.60. The number of carbonyl (C=O) groups excluding carboxylic acids is 1. The third-order valence-electron chi connectivity index (χ3n) is 10.5. The van der Waals surface area contributed by atoms with Gasteiger partial charge in [-0.15, -0.1) is 0 Å². The summed E-state index contributed by atoms with van der Waals surface area (Å²) in [6.07, 6.45) is -20.4. The van der Waals surface area contributed by atoms with Crippen molar-refractivity contribution in [1.29, 1.82) is 0 Å². The van der Waals surface area contributed by atoms with Gasteiger partial charge in [0.1, 0.15) is 42.7 Å². The molecule has 4 saturated heterocycles. The van der Waals surface area contributed by atoms with Crippen LogP contribution in [0.4, 0.5) is 0 Å². The fourth-order valence-electron chi connectivity index (χ4n) is 7.07. The van der Waals surface area contributed by atoms with Crippen LogP contribution in [0, 0.1) is 23.7 Å². The molecule has 4 aliphatic heterocycles. The molecule has 0 aromatic carbocycles. The first-order chi connectivity index (χ1) is 24.0. The van der Waals surface area contributed by atoms with E-state index in [0.717, 1.165) is 0 Å². The number of nitrogens with one attached hydrogen (secondary N) is 1. The zero-order chi connectivity index (χ0) is 38.1. The molecule has 20 unspecified atom stereocenters. The molecule has 0 radical (unpaired) electrons. The van der Waals surface area contributed by atoms with Crippen molar-refractivity contribution in [1.82, 2.24) is 5.32 Å². The van der Waals surface area contributed by atoms with E-state index in [1.54, 1.807) is 20.8 Å². The Morgan fingerprint density at radius 1 is 0.627 bits per heavy atom. The Labute approximate surface area is 295 Å². The molecule has 19 nitrogen and oxygen atoms in total. The van der Waals surface area contributed by atoms with Crippen molar-refractivity contribution in [2.75, 3.05) is 13.7 Å². The van der Waals surface area contributed by atoms with Crippen LogP contribution < -0.4 is 5.32 Å². The maximum Gasteiger partial charge on any atom is 0.335 e. The third-order valence-corrected chi connectivity index (χ3v) is 10.5. The maximum absolute atomic E-state index is 12.5. The zero-order valence-corrected chi connectivity index (χ0v) is 29.6. The monoisotopic (exact) mass is 739 g/mol. The minimum absolute atomic E-state index is 0.181. The molecule has 294 valence electrons. The lowest BCUT2D eigenvalue weighted by atomic mass is 9.84. The highest BCUT2D eigenvalue weighted by molar-refractivity contribution is 5.74. The number of carboxylic acid groups (broad SMARTS) is 2. The molecule has 4 rings (SSSR count). The second-order valence-corrected chi connectivity index (χ2v) is 13.9. The van der Waals surface area contributed by atoms with Crippen LogP contribution in [-0.4, -0.2) is 166 Å². The largest absolute Gasteiger partial charge is 0.479 e. The van der Waals surface area contributed by atoms with Gasteiger partial charge >= 0.3 is 11.9 Å². The van der Waals surface area contributed by atoms with E-state index in [1.807, 2.05) is 0 Å². The number of methoxy groups -OCH3 is 1. The van der Waals surface area contributed by atoms with Crippen LogP contribution in [0.2, 0.25) is 0 Å². The minimum Gasteiger partial charge on any atom is -0.479 e. The molecule has 0 aromatic rings. The predicted octanol–water partition coefficient (Wildman–Crippen LogP) is -2.25. The normalized spacial score (nSPS) is 47.8. The van der Waals surface area contributed by atoms with Crippen molar-refractivity contribution in [2.45, 2.75) is 146 Å². The smallest absolute Gasteiger partial charge is 0.335 e. The Morgan fingerprint density at radius 3 is 1.71 bits per heavy atom. The second-order valence-electron chi connectivity index (χ2n) is 13.9. The van der Waals surface area contributed by atoms with Crippen LogP contribution in [0.1, 0.15) is 48.0 Å². The minimum atomic E-state index is -1.83. The number of hydrogen-bond donors (Lipinski definition) is 8. The molecule has 0 saturated carbocycles. The van der Waals surface area contributed by atoms with Crippen LogP contribution in [0.25, 0.3) is 0 Å². The fourth-order valence-corrected chi connectivity index (χ4v) is 7.07. The van der Waals surface area contributed by atoms with E-state index in [-0.39, 0.29) is 6.42 Å². The van der Waals surface area contributed by atoms with E-state index in [9.17, 15) is 50.1 Å². The molecule has 51 heavy (non-hydrogen) atoms. The van der Waals surface area contributed by atoms with E-state index in [4.69, 9.17) is 37.9 Å². The highest BCUT2D eigenvalue weighted by atomic mass is 16.8. The zero-order valence-electron chi connectivity index (χ0n) is 29.6. The summed E-state index contributed by atoms with van der Waals surface area (Å²) in [7, 11) is 1.24.